The molecule has 0 amide bonds. The molecular weight excluding hydrogens is 264 g/mol. The van der Waals surface area contributed by atoms with Gasteiger partial charge in [-0.25, -0.2) is 0 Å². The quantitative estimate of drug-likeness (QED) is 0.570. The molecule has 1 saturated carbocycles. The number of aryl methyl sites for hydroxylation is 2. The van der Waals surface area contributed by atoms with E-state index in [1.807, 2.05) is 0 Å². The van der Waals surface area contributed by atoms with Crippen molar-refractivity contribution in [1.29, 1.82) is 0 Å². The van der Waals surface area contributed by atoms with Gasteiger partial charge in [-0.3, -0.25) is 16.0 Å². The maximum Gasteiger partial charge on any atom is 0.0851 e. The summed E-state index contributed by atoms with van der Waals surface area (Å²) in [5, 5.41) is 4.64. The third-order valence-corrected chi connectivity index (χ3v) is 4.71. The monoisotopic (exact) mass is 294 g/mol. The Bertz CT molecular complexity index is 437. The minimum absolute atomic E-state index is 0.112. The Kier molecular flexibility index (Phi) is 5.79. The fourth-order valence-corrected chi connectivity index (χ4v) is 3.59. The molecule has 1 aromatic rings. The van der Waals surface area contributed by atoms with Gasteiger partial charge in [0.15, 0.2) is 0 Å². The zero-order chi connectivity index (χ0) is 15.3. The molecule has 21 heavy (non-hydrogen) atoms. The Balaban J connectivity index is 2.19. The van der Waals surface area contributed by atoms with E-state index >= 15 is 0 Å². The molecule has 5 heteroatoms. The van der Waals surface area contributed by atoms with Crippen LogP contribution in [-0.4, -0.2) is 28.0 Å². The standard InChI is InChI=1S/C16H30N4O/c1-4-13-11-14(20(5-2)19-13)12-15(18-17)16(21-6-3)9-7-8-10-16/h11,15,18H,4-10,12,17H2,1-3H3. The Morgan fingerprint density at radius 3 is 2.62 bits per heavy atom. The van der Waals surface area contributed by atoms with Crippen molar-refractivity contribution >= 4 is 0 Å². The third kappa shape index (κ3) is 3.47. The molecule has 1 unspecified atom stereocenters. The molecule has 1 aliphatic rings. The molecule has 1 fully saturated rings. The Hall–Kier alpha value is -0.910. The van der Waals surface area contributed by atoms with Gasteiger partial charge in [0.1, 0.15) is 0 Å². The van der Waals surface area contributed by atoms with Gasteiger partial charge in [0.2, 0.25) is 0 Å². The molecule has 1 heterocycles. The van der Waals surface area contributed by atoms with Crippen LogP contribution in [0.3, 0.4) is 0 Å². The van der Waals surface area contributed by atoms with Gasteiger partial charge in [0.05, 0.1) is 17.3 Å². The number of hydrogen-bond acceptors (Lipinski definition) is 4. The molecule has 2 rings (SSSR count). The number of ether oxygens (including phenoxy) is 1. The van der Waals surface area contributed by atoms with E-state index < -0.39 is 0 Å². The highest BCUT2D eigenvalue weighted by Gasteiger charge is 2.42. The topological polar surface area (TPSA) is 65.1 Å². The molecule has 1 aliphatic carbocycles. The smallest absolute Gasteiger partial charge is 0.0851 e. The van der Waals surface area contributed by atoms with Crippen molar-refractivity contribution in [2.75, 3.05) is 6.61 Å². The van der Waals surface area contributed by atoms with Gasteiger partial charge in [-0.15, -0.1) is 0 Å². The number of hydrazine groups is 1. The van der Waals surface area contributed by atoms with Crippen molar-refractivity contribution in [3.8, 4) is 0 Å². The van der Waals surface area contributed by atoms with E-state index in [0.717, 1.165) is 44.5 Å². The summed E-state index contributed by atoms with van der Waals surface area (Å²) >= 11 is 0. The lowest BCUT2D eigenvalue weighted by Crippen LogP contribution is -2.55. The number of hydrogen-bond donors (Lipinski definition) is 2. The molecular formula is C16H30N4O. The van der Waals surface area contributed by atoms with Crippen LogP contribution in [0.15, 0.2) is 6.07 Å². The molecule has 0 aliphatic heterocycles. The van der Waals surface area contributed by atoms with Crippen molar-refractivity contribution in [3.63, 3.8) is 0 Å². The van der Waals surface area contributed by atoms with Crippen LogP contribution < -0.4 is 11.3 Å². The summed E-state index contributed by atoms with van der Waals surface area (Å²) in [6.07, 6.45) is 6.48. The second-order valence-electron chi connectivity index (χ2n) is 5.92. The van der Waals surface area contributed by atoms with Crippen molar-refractivity contribution in [2.24, 2.45) is 5.84 Å². The lowest BCUT2D eigenvalue weighted by molar-refractivity contribution is -0.0617. The first kappa shape index (κ1) is 16.5. The third-order valence-electron chi connectivity index (χ3n) is 4.71. The Morgan fingerprint density at radius 1 is 1.38 bits per heavy atom. The highest BCUT2D eigenvalue weighted by atomic mass is 16.5. The largest absolute Gasteiger partial charge is 0.374 e. The number of nitrogens with two attached hydrogens (primary N) is 1. The van der Waals surface area contributed by atoms with E-state index in [1.54, 1.807) is 0 Å². The van der Waals surface area contributed by atoms with E-state index in [-0.39, 0.29) is 11.6 Å². The molecule has 0 spiro atoms. The SMILES string of the molecule is CCOC1(C(Cc2cc(CC)nn2CC)NN)CCCC1. The van der Waals surface area contributed by atoms with Gasteiger partial charge < -0.3 is 4.74 Å². The molecule has 0 saturated heterocycles. The molecule has 3 N–H and O–H groups in total. The van der Waals surface area contributed by atoms with E-state index in [4.69, 9.17) is 10.6 Å². The fourth-order valence-electron chi connectivity index (χ4n) is 3.59. The molecule has 0 bridgehead atoms. The van der Waals surface area contributed by atoms with Crippen LogP contribution in [0.5, 0.6) is 0 Å². The first-order chi connectivity index (χ1) is 10.2. The molecule has 0 aromatic carbocycles. The molecule has 5 nitrogen and oxygen atoms in total. The summed E-state index contributed by atoms with van der Waals surface area (Å²) in [7, 11) is 0. The summed E-state index contributed by atoms with van der Waals surface area (Å²) in [6, 6.07) is 2.36. The van der Waals surface area contributed by atoms with Crippen molar-refractivity contribution in [1.82, 2.24) is 15.2 Å². The first-order valence-corrected chi connectivity index (χ1v) is 8.34. The highest BCUT2D eigenvalue weighted by molar-refractivity contribution is 5.14. The van der Waals surface area contributed by atoms with E-state index in [1.165, 1.54) is 18.5 Å². The predicted octanol–water partition coefficient (Wildman–Crippen LogP) is 2.19. The van der Waals surface area contributed by atoms with Crippen LogP contribution in [0.2, 0.25) is 0 Å². The molecule has 120 valence electrons. The summed E-state index contributed by atoms with van der Waals surface area (Å²) in [6.45, 7) is 7.98. The van der Waals surface area contributed by atoms with E-state index in [9.17, 15) is 0 Å². The first-order valence-electron chi connectivity index (χ1n) is 8.34. The predicted molar refractivity (Wildman–Crippen MR) is 84.9 cm³/mol. The minimum atomic E-state index is -0.112. The van der Waals surface area contributed by atoms with Crippen LogP contribution in [0.1, 0.15) is 57.8 Å². The van der Waals surface area contributed by atoms with Crippen LogP contribution in [0.25, 0.3) is 0 Å². The van der Waals surface area contributed by atoms with E-state index in [0.29, 0.717) is 0 Å². The van der Waals surface area contributed by atoms with Gasteiger partial charge in [0.25, 0.3) is 0 Å². The average molecular weight is 294 g/mol. The van der Waals surface area contributed by atoms with Crippen molar-refractivity contribution < 1.29 is 4.74 Å². The average Bonchev–Trinajstić information content (AvgIpc) is 3.12. The number of nitrogens with zero attached hydrogens (tertiary/aromatic N) is 2. The maximum absolute atomic E-state index is 6.15. The zero-order valence-corrected chi connectivity index (χ0v) is 13.7. The maximum atomic E-state index is 6.15. The van der Waals surface area contributed by atoms with Crippen LogP contribution in [-0.2, 0) is 24.1 Å². The van der Waals surface area contributed by atoms with Gasteiger partial charge in [-0.1, -0.05) is 19.8 Å². The summed E-state index contributed by atoms with van der Waals surface area (Å²) in [4.78, 5) is 0. The summed E-state index contributed by atoms with van der Waals surface area (Å²) in [5.41, 5.74) is 5.32. The number of nitrogens with one attached hydrogen (secondary N) is 1. The van der Waals surface area contributed by atoms with Crippen LogP contribution >= 0.6 is 0 Å². The van der Waals surface area contributed by atoms with Gasteiger partial charge in [0, 0.05) is 25.3 Å². The highest BCUT2D eigenvalue weighted by Crippen LogP contribution is 2.37. The number of rotatable bonds is 8. The Labute approximate surface area is 128 Å². The Morgan fingerprint density at radius 2 is 2.10 bits per heavy atom. The zero-order valence-electron chi connectivity index (χ0n) is 13.7. The van der Waals surface area contributed by atoms with Crippen LogP contribution in [0, 0.1) is 0 Å². The minimum Gasteiger partial charge on any atom is -0.374 e. The lowest BCUT2D eigenvalue weighted by atomic mass is 9.89. The molecule has 0 radical (unpaired) electrons. The second kappa shape index (κ2) is 7.38. The summed E-state index contributed by atoms with van der Waals surface area (Å²) < 4.78 is 8.25. The number of aromatic nitrogens is 2. The van der Waals surface area contributed by atoms with Crippen molar-refractivity contribution in [2.45, 2.75) is 77.5 Å². The van der Waals surface area contributed by atoms with E-state index in [2.05, 4.69) is 42.0 Å². The fraction of sp³-hybridized carbons (Fsp3) is 0.812. The molecule has 1 aromatic heterocycles. The summed E-state index contributed by atoms with van der Waals surface area (Å²) in [5.74, 6) is 5.89. The lowest BCUT2D eigenvalue weighted by Gasteiger charge is -2.37. The second-order valence-corrected chi connectivity index (χ2v) is 5.92. The van der Waals surface area contributed by atoms with Gasteiger partial charge >= 0.3 is 0 Å². The molecule has 1 atom stereocenters. The normalized spacial score (nSPS) is 19.0. The van der Waals surface area contributed by atoms with Crippen molar-refractivity contribution in [3.05, 3.63) is 17.5 Å². The van der Waals surface area contributed by atoms with Crippen LogP contribution in [0.4, 0.5) is 0 Å². The van der Waals surface area contributed by atoms with Gasteiger partial charge in [-0.05, 0) is 39.2 Å². The van der Waals surface area contributed by atoms with Gasteiger partial charge in [-0.2, -0.15) is 5.10 Å².